The second-order valence-corrected chi connectivity index (χ2v) is 4.70. The predicted octanol–water partition coefficient (Wildman–Crippen LogP) is 1.71. The van der Waals surface area contributed by atoms with Gasteiger partial charge in [0.05, 0.1) is 16.7 Å². The fourth-order valence-electron chi connectivity index (χ4n) is 1.56. The molecule has 1 aromatic rings. The molecular weight excluding hydrogens is 194 g/mol. The number of rotatable bonds is 1. The Hall–Kier alpha value is -0.0900. The van der Waals surface area contributed by atoms with Gasteiger partial charge >= 0.3 is 0 Å². The van der Waals surface area contributed by atoms with Gasteiger partial charge in [0.2, 0.25) is 0 Å². The lowest BCUT2D eigenvalue weighted by molar-refractivity contribution is 0.0227. The lowest BCUT2D eigenvalue weighted by Gasteiger charge is -2.41. The Morgan fingerprint density at radius 2 is 2.33 bits per heavy atom. The van der Waals surface area contributed by atoms with Gasteiger partial charge in [-0.2, -0.15) is 0 Å². The standard InChI is InChI=1S/C8H10ClNOS/c9-5-1-7(12-4-5)8(10)2-6(11)3-8/h1,4,6,11H,2-3,10H2. The molecule has 0 amide bonds. The van der Waals surface area contributed by atoms with Gasteiger partial charge in [0, 0.05) is 10.3 Å². The Labute approximate surface area is 80.0 Å². The highest BCUT2D eigenvalue weighted by Crippen LogP contribution is 2.42. The summed E-state index contributed by atoms with van der Waals surface area (Å²) in [6.07, 6.45) is 1.09. The number of halogens is 1. The van der Waals surface area contributed by atoms with Gasteiger partial charge < -0.3 is 10.8 Å². The van der Waals surface area contributed by atoms with Crippen LogP contribution in [0.5, 0.6) is 0 Å². The smallest absolute Gasteiger partial charge is 0.0582 e. The molecule has 0 atom stereocenters. The second-order valence-electron chi connectivity index (χ2n) is 3.35. The van der Waals surface area contributed by atoms with Crippen molar-refractivity contribution in [3.8, 4) is 0 Å². The Bertz CT molecular complexity index is 293. The van der Waals surface area contributed by atoms with Gasteiger partial charge in [-0.3, -0.25) is 0 Å². The third kappa shape index (κ3) is 1.27. The number of thiophene rings is 1. The first-order chi connectivity index (χ1) is 5.60. The van der Waals surface area contributed by atoms with Crippen molar-refractivity contribution in [3.63, 3.8) is 0 Å². The maximum atomic E-state index is 9.14. The van der Waals surface area contributed by atoms with E-state index < -0.39 is 0 Å². The van der Waals surface area contributed by atoms with Crippen LogP contribution in [0.1, 0.15) is 17.7 Å². The minimum Gasteiger partial charge on any atom is -0.393 e. The van der Waals surface area contributed by atoms with E-state index >= 15 is 0 Å². The molecule has 3 N–H and O–H groups in total. The highest BCUT2D eigenvalue weighted by molar-refractivity contribution is 7.10. The van der Waals surface area contributed by atoms with Crippen LogP contribution in [0.25, 0.3) is 0 Å². The van der Waals surface area contributed by atoms with E-state index in [4.69, 9.17) is 22.4 Å². The fraction of sp³-hybridized carbons (Fsp3) is 0.500. The first-order valence-corrected chi connectivity index (χ1v) is 5.07. The molecule has 12 heavy (non-hydrogen) atoms. The SMILES string of the molecule is NC1(c2cc(Cl)cs2)CC(O)C1. The van der Waals surface area contributed by atoms with Gasteiger partial charge in [-0.1, -0.05) is 11.6 Å². The largest absolute Gasteiger partial charge is 0.393 e. The lowest BCUT2D eigenvalue weighted by Crippen LogP contribution is -2.51. The van der Waals surface area contributed by atoms with Crippen molar-refractivity contribution in [2.45, 2.75) is 24.5 Å². The molecule has 1 saturated carbocycles. The molecule has 2 rings (SSSR count). The predicted molar refractivity (Wildman–Crippen MR) is 50.4 cm³/mol. The van der Waals surface area contributed by atoms with Crippen LogP contribution in [-0.4, -0.2) is 11.2 Å². The Kier molecular flexibility index (Phi) is 1.92. The summed E-state index contributed by atoms with van der Waals surface area (Å²) < 4.78 is 0. The average Bonchev–Trinajstić information content (AvgIpc) is 2.33. The van der Waals surface area contributed by atoms with Crippen LogP contribution in [0.2, 0.25) is 5.02 Å². The van der Waals surface area contributed by atoms with Gasteiger partial charge in [-0.25, -0.2) is 0 Å². The van der Waals surface area contributed by atoms with Gasteiger partial charge in [0.15, 0.2) is 0 Å². The number of nitrogens with two attached hydrogens (primary N) is 1. The minimum absolute atomic E-state index is 0.226. The monoisotopic (exact) mass is 203 g/mol. The third-order valence-corrected chi connectivity index (χ3v) is 3.76. The summed E-state index contributed by atoms with van der Waals surface area (Å²) in [7, 11) is 0. The number of aliphatic hydroxyl groups is 1. The van der Waals surface area contributed by atoms with Crippen molar-refractivity contribution >= 4 is 22.9 Å². The molecule has 0 unspecified atom stereocenters. The summed E-state index contributed by atoms with van der Waals surface area (Å²) >= 11 is 7.34. The lowest BCUT2D eigenvalue weighted by atomic mass is 9.74. The van der Waals surface area contributed by atoms with E-state index in [1.807, 2.05) is 11.4 Å². The molecule has 1 aliphatic carbocycles. The summed E-state index contributed by atoms with van der Waals surface area (Å²) in [4.78, 5) is 1.08. The molecule has 66 valence electrons. The summed E-state index contributed by atoms with van der Waals surface area (Å²) in [6.45, 7) is 0. The molecule has 1 heterocycles. The summed E-state index contributed by atoms with van der Waals surface area (Å²) in [6, 6.07) is 1.89. The molecule has 1 fully saturated rings. The molecule has 1 aliphatic rings. The van der Waals surface area contributed by atoms with E-state index in [9.17, 15) is 0 Å². The van der Waals surface area contributed by atoms with E-state index in [0.717, 1.165) is 9.90 Å². The van der Waals surface area contributed by atoms with Crippen LogP contribution >= 0.6 is 22.9 Å². The Morgan fingerprint density at radius 1 is 1.67 bits per heavy atom. The molecule has 0 aromatic carbocycles. The first kappa shape index (κ1) is 8.51. The Balaban J connectivity index is 2.20. The van der Waals surface area contributed by atoms with Gasteiger partial charge in [-0.15, -0.1) is 11.3 Å². The van der Waals surface area contributed by atoms with Crippen LogP contribution in [-0.2, 0) is 5.54 Å². The molecule has 0 saturated heterocycles. The zero-order valence-corrected chi connectivity index (χ0v) is 8.03. The molecule has 2 nitrogen and oxygen atoms in total. The van der Waals surface area contributed by atoms with E-state index in [0.29, 0.717) is 12.8 Å². The Morgan fingerprint density at radius 3 is 2.75 bits per heavy atom. The van der Waals surface area contributed by atoms with Crippen LogP contribution in [0.15, 0.2) is 11.4 Å². The van der Waals surface area contributed by atoms with E-state index in [1.54, 1.807) is 11.3 Å². The molecule has 4 heteroatoms. The number of hydrogen-bond acceptors (Lipinski definition) is 3. The van der Waals surface area contributed by atoms with Crippen molar-refractivity contribution in [1.82, 2.24) is 0 Å². The van der Waals surface area contributed by atoms with Crippen molar-refractivity contribution in [2.24, 2.45) is 5.73 Å². The van der Waals surface area contributed by atoms with Crippen LogP contribution in [0, 0.1) is 0 Å². The normalized spacial score (nSPS) is 34.8. The van der Waals surface area contributed by atoms with Gasteiger partial charge in [0.25, 0.3) is 0 Å². The highest BCUT2D eigenvalue weighted by atomic mass is 35.5. The second kappa shape index (κ2) is 2.70. The van der Waals surface area contributed by atoms with Crippen LogP contribution in [0.4, 0.5) is 0 Å². The maximum Gasteiger partial charge on any atom is 0.0582 e. The van der Waals surface area contributed by atoms with Gasteiger partial charge in [-0.05, 0) is 18.9 Å². The molecule has 0 bridgehead atoms. The quantitative estimate of drug-likeness (QED) is 0.730. The zero-order valence-electron chi connectivity index (χ0n) is 6.46. The van der Waals surface area contributed by atoms with Crippen molar-refractivity contribution in [3.05, 3.63) is 21.3 Å². The van der Waals surface area contributed by atoms with Crippen LogP contribution in [0.3, 0.4) is 0 Å². The number of hydrogen-bond donors (Lipinski definition) is 2. The van der Waals surface area contributed by atoms with Gasteiger partial charge in [0.1, 0.15) is 0 Å². The molecular formula is C8H10ClNOS. The minimum atomic E-state index is -0.308. The van der Waals surface area contributed by atoms with Crippen molar-refractivity contribution in [2.75, 3.05) is 0 Å². The summed E-state index contributed by atoms with van der Waals surface area (Å²) in [5, 5.41) is 11.8. The van der Waals surface area contributed by atoms with Crippen molar-refractivity contribution in [1.29, 1.82) is 0 Å². The van der Waals surface area contributed by atoms with E-state index in [-0.39, 0.29) is 11.6 Å². The molecule has 0 spiro atoms. The molecule has 1 aromatic heterocycles. The number of aliphatic hydroxyl groups excluding tert-OH is 1. The van der Waals surface area contributed by atoms with Crippen molar-refractivity contribution < 1.29 is 5.11 Å². The third-order valence-electron chi connectivity index (χ3n) is 2.26. The first-order valence-electron chi connectivity index (χ1n) is 3.82. The van der Waals surface area contributed by atoms with Crippen LogP contribution < -0.4 is 5.73 Å². The zero-order chi connectivity index (χ0) is 8.77. The average molecular weight is 204 g/mol. The fourth-order valence-corrected chi connectivity index (χ4v) is 2.77. The van der Waals surface area contributed by atoms with E-state index in [2.05, 4.69) is 0 Å². The topological polar surface area (TPSA) is 46.2 Å². The molecule has 0 aliphatic heterocycles. The summed E-state index contributed by atoms with van der Waals surface area (Å²) in [5.74, 6) is 0. The highest BCUT2D eigenvalue weighted by Gasteiger charge is 2.42. The van der Waals surface area contributed by atoms with E-state index in [1.165, 1.54) is 0 Å². The summed E-state index contributed by atoms with van der Waals surface area (Å²) in [5.41, 5.74) is 5.71. The molecule has 0 radical (unpaired) electrons. The maximum absolute atomic E-state index is 9.14.